The molecule has 1 aromatic carbocycles. The van der Waals surface area contributed by atoms with E-state index in [9.17, 15) is 5.11 Å². The molecule has 0 saturated carbocycles. The number of hydrogen-bond acceptors (Lipinski definition) is 1. The van der Waals surface area contributed by atoms with Gasteiger partial charge in [0.25, 0.3) is 0 Å². The van der Waals surface area contributed by atoms with Crippen molar-refractivity contribution in [1.29, 1.82) is 0 Å². The molecule has 1 nitrogen and oxygen atoms in total. The molecule has 66 valence electrons. The van der Waals surface area contributed by atoms with Gasteiger partial charge >= 0.3 is 0 Å². The van der Waals surface area contributed by atoms with Gasteiger partial charge < -0.3 is 5.11 Å². The number of aliphatic hydroxyl groups is 1. The lowest BCUT2D eigenvalue weighted by Gasteiger charge is -2.17. The van der Waals surface area contributed by atoms with Crippen molar-refractivity contribution < 1.29 is 5.11 Å². The summed E-state index contributed by atoms with van der Waals surface area (Å²) in [5.41, 5.74) is 1.23. The van der Waals surface area contributed by atoms with Crippen LogP contribution in [0.2, 0.25) is 0 Å². The van der Waals surface area contributed by atoms with Crippen molar-refractivity contribution in [3.05, 3.63) is 35.9 Å². The maximum Gasteiger partial charge on any atom is 0.0580 e. The molecule has 0 aliphatic carbocycles. The molecule has 0 heterocycles. The second-order valence-electron chi connectivity index (χ2n) is 3.17. The molecule has 1 rings (SSSR count). The van der Waals surface area contributed by atoms with E-state index >= 15 is 0 Å². The molecule has 0 bridgehead atoms. The van der Waals surface area contributed by atoms with Gasteiger partial charge in [-0.15, -0.1) is 0 Å². The monoisotopic (exact) mass is 164 g/mol. The largest absolute Gasteiger partial charge is 0.393 e. The van der Waals surface area contributed by atoms with Crippen LogP contribution in [0.25, 0.3) is 0 Å². The third-order valence-corrected chi connectivity index (χ3v) is 2.25. The van der Waals surface area contributed by atoms with Gasteiger partial charge in [0.1, 0.15) is 0 Å². The van der Waals surface area contributed by atoms with E-state index < -0.39 is 0 Å². The van der Waals surface area contributed by atoms with Crippen LogP contribution in [0.4, 0.5) is 0 Å². The first-order valence-electron chi connectivity index (χ1n) is 4.48. The summed E-state index contributed by atoms with van der Waals surface area (Å²) >= 11 is 0. The smallest absolute Gasteiger partial charge is 0.0580 e. The predicted octanol–water partition coefficient (Wildman–Crippen LogP) is 2.56. The highest BCUT2D eigenvalue weighted by Gasteiger charge is 2.13. The highest BCUT2D eigenvalue weighted by molar-refractivity contribution is 5.20. The fourth-order valence-corrected chi connectivity index (χ4v) is 1.56. The van der Waals surface area contributed by atoms with E-state index in [0.29, 0.717) is 0 Å². The first-order valence-corrected chi connectivity index (χ1v) is 4.48. The molecule has 0 spiro atoms. The Bertz CT molecular complexity index is 216. The van der Waals surface area contributed by atoms with Crippen LogP contribution < -0.4 is 0 Å². The third kappa shape index (κ3) is 2.08. The van der Waals surface area contributed by atoms with E-state index in [0.717, 1.165) is 6.42 Å². The van der Waals surface area contributed by atoms with Gasteiger partial charge in [-0.25, -0.2) is 0 Å². The molecule has 0 radical (unpaired) electrons. The van der Waals surface area contributed by atoms with Crippen LogP contribution in [-0.4, -0.2) is 11.2 Å². The molecule has 1 aromatic rings. The van der Waals surface area contributed by atoms with Crippen LogP contribution in [0.5, 0.6) is 0 Å². The Hall–Kier alpha value is -0.820. The zero-order valence-electron chi connectivity index (χ0n) is 7.70. The van der Waals surface area contributed by atoms with Crippen LogP contribution in [0.3, 0.4) is 0 Å². The van der Waals surface area contributed by atoms with Gasteiger partial charge in [-0.05, 0) is 18.9 Å². The molecular formula is C11H16O. The Balaban J connectivity index is 2.80. The fraction of sp³-hybridized carbons (Fsp3) is 0.455. The van der Waals surface area contributed by atoms with Gasteiger partial charge in [-0.2, -0.15) is 0 Å². The quantitative estimate of drug-likeness (QED) is 0.728. The maximum absolute atomic E-state index is 9.47. The van der Waals surface area contributed by atoms with Crippen LogP contribution in [0.15, 0.2) is 30.3 Å². The highest BCUT2D eigenvalue weighted by Crippen LogP contribution is 2.22. The Morgan fingerprint density at radius 2 is 1.83 bits per heavy atom. The summed E-state index contributed by atoms with van der Waals surface area (Å²) < 4.78 is 0. The normalized spacial score (nSPS) is 15.6. The van der Waals surface area contributed by atoms with Crippen LogP contribution in [-0.2, 0) is 0 Å². The molecule has 0 fully saturated rings. The minimum atomic E-state index is -0.252. The number of benzene rings is 1. The first-order chi connectivity index (χ1) is 5.75. The van der Waals surface area contributed by atoms with Gasteiger partial charge in [0.15, 0.2) is 0 Å². The average Bonchev–Trinajstić information content (AvgIpc) is 2.07. The molecule has 12 heavy (non-hydrogen) atoms. The molecule has 1 N–H and O–H groups in total. The second-order valence-corrected chi connectivity index (χ2v) is 3.17. The van der Waals surface area contributed by atoms with Gasteiger partial charge in [0, 0.05) is 5.92 Å². The van der Waals surface area contributed by atoms with Crippen LogP contribution >= 0.6 is 0 Å². The van der Waals surface area contributed by atoms with Crippen molar-refractivity contribution in [1.82, 2.24) is 0 Å². The Morgan fingerprint density at radius 3 is 2.25 bits per heavy atom. The fourth-order valence-electron chi connectivity index (χ4n) is 1.56. The molecule has 0 amide bonds. The summed E-state index contributed by atoms with van der Waals surface area (Å²) in [5.74, 6) is 0.284. The predicted molar refractivity (Wildman–Crippen MR) is 51.2 cm³/mol. The van der Waals surface area contributed by atoms with Gasteiger partial charge in [-0.3, -0.25) is 0 Å². The summed E-state index contributed by atoms with van der Waals surface area (Å²) in [6.45, 7) is 3.95. The van der Waals surface area contributed by atoms with Crippen molar-refractivity contribution in [2.45, 2.75) is 32.3 Å². The zero-order chi connectivity index (χ0) is 8.97. The van der Waals surface area contributed by atoms with Gasteiger partial charge in [0.2, 0.25) is 0 Å². The van der Waals surface area contributed by atoms with E-state index in [-0.39, 0.29) is 12.0 Å². The zero-order valence-corrected chi connectivity index (χ0v) is 7.70. The van der Waals surface area contributed by atoms with Gasteiger partial charge in [-0.1, -0.05) is 37.3 Å². The average molecular weight is 164 g/mol. The lowest BCUT2D eigenvalue weighted by atomic mass is 9.92. The lowest BCUT2D eigenvalue weighted by molar-refractivity contribution is 0.160. The molecule has 0 saturated heterocycles. The molecule has 0 aliphatic heterocycles. The first kappa shape index (κ1) is 9.27. The SMILES string of the molecule is CC[C@@H](c1ccccc1)[C@@H](C)O. The van der Waals surface area contributed by atoms with Crippen LogP contribution in [0.1, 0.15) is 31.7 Å². The second kappa shape index (κ2) is 4.27. The summed E-state index contributed by atoms with van der Waals surface area (Å²) in [6, 6.07) is 10.2. The van der Waals surface area contributed by atoms with E-state index in [1.165, 1.54) is 5.56 Å². The minimum absolute atomic E-state index is 0.252. The Kier molecular flexibility index (Phi) is 3.30. The van der Waals surface area contributed by atoms with Crippen molar-refractivity contribution in [3.8, 4) is 0 Å². The Morgan fingerprint density at radius 1 is 1.25 bits per heavy atom. The highest BCUT2D eigenvalue weighted by atomic mass is 16.3. The molecule has 2 atom stereocenters. The van der Waals surface area contributed by atoms with Crippen molar-refractivity contribution in [2.24, 2.45) is 0 Å². The number of rotatable bonds is 3. The summed E-state index contributed by atoms with van der Waals surface area (Å²) in [4.78, 5) is 0. The topological polar surface area (TPSA) is 20.2 Å². The van der Waals surface area contributed by atoms with Crippen molar-refractivity contribution in [3.63, 3.8) is 0 Å². The number of hydrogen-bond donors (Lipinski definition) is 1. The molecule has 0 aliphatic rings. The Labute approximate surface area is 74.1 Å². The summed E-state index contributed by atoms with van der Waals surface area (Å²) in [6.07, 6.45) is 0.735. The summed E-state index contributed by atoms with van der Waals surface area (Å²) in [7, 11) is 0. The number of aliphatic hydroxyl groups excluding tert-OH is 1. The summed E-state index contributed by atoms with van der Waals surface area (Å²) in [5, 5.41) is 9.47. The molecule has 0 aromatic heterocycles. The van der Waals surface area contributed by atoms with E-state index in [2.05, 4.69) is 19.1 Å². The van der Waals surface area contributed by atoms with E-state index in [1.807, 2.05) is 25.1 Å². The van der Waals surface area contributed by atoms with E-state index in [4.69, 9.17) is 0 Å². The third-order valence-electron chi connectivity index (χ3n) is 2.25. The minimum Gasteiger partial charge on any atom is -0.393 e. The molecular weight excluding hydrogens is 148 g/mol. The van der Waals surface area contributed by atoms with Crippen molar-refractivity contribution >= 4 is 0 Å². The van der Waals surface area contributed by atoms with Crippen molar-refractivity contribution in [2.75, 3.05) is 0 Å². The molecule has 0 unspecified atom stereocenters. The molecule has 1 heteroatoms. The van der Waals surface area contributed by atoms with Crippen LogP contribution in [0, 0.1) is 0 Å². The maximum atomic E-state index is 9.47. The van der Waals surface area contributed by atoms with E-state index in [1.54, 1.807) is 0 Å². The standard InChI is InChI=1S/C11H16O/c1-3-11(9(2)12)10-7-5-4-6-8-10/h4-9,11-12H,3H2,1-2H3/t9-,11-/m1/s1. The lowest BCUT2D eigenvalue weighted by Crippen LogP contribution is -2.13. The van der Waals surface area contributed by atoms with Gasteiger partial charge in [0.05, 0.1) is 6.10 Å².